The summed E-state index contributed by atoms with van der Waals surface area (Å²) in [6.07, 6.45) is 1.30. The van der Waals surface area contributed by atoms with Crippen molar-refractivity contribution in [1.29, 1.82) is 0 Å². The maximum atomic E-state index is 12.5. The Kier molecular flexibility index (Phi) is 6.66. The van der Waals surface area contributed by atoms with Gasteiger partial charge in [-0.05, 0) is 12.1 Å². The topological polar surface area (TPSA) is 75.5 Å². The molecule has 0 atom stereocenters. The van der Waals surface area contributed by atoms with Crippen LogP contribution in [0, 0.1) is 0 Å². The Hall–Kier alpha value is -2.84. The van der Waals surface area contributed by atoms with Crippen molar-refractivity contribution in [3.8, 4) is 5.75 Å². The summed E-state index contributed by atoms with van der Waals surface area (Å²) >= 11 is 0. The van der Waals surface area contributed by atoms with E-state index in [-0.39, 0.29) is 23.7 Å². The van der Waals surface area contributed by atoms with Crippen LogP contribution in [0.25, 0.3) is 0 Å². The van der Waals surface area contributed by atoms with Crippen LogP contribution < -0.4 is 15.1 Å². The van der Waals surface area contributed by atoms with Crippen LogP contribution in [-0.2, 0) is 16.1 Å². The van der Waals surface area contributed by atoms with E-state index >= 15 is 0 Å². The van der Waals surface area contributed by atoms with Gasteiger partial charge in [0, 0.05) is 51.0 Å². The van der Waals surface area contributed by atoms with E-state index in [0.717, 1.165) is 31.9 Å². The molecule has 0 saturated carbocycles. The number of nitrogens with zero attached hydrogens (tertiary/aromatic N) is 3. The molecule has 8 heteroatoms. The molecular weight excluding hydrogens is 386 g/mol. The summed E-state index contributed by atoms with van der Waals surface area (Å²) in [5.74, 6) is 0.522. The van der Waals surface area contributed by atoms with Gasteiger partial charge in [-0.3, -0.25) is 14.5 Å². The Morgan fingerprint density at radius 1 is 1.00 bits per heavy atom. The molecule has 0 N–H and O–H groups in total. The lowest BCUT2D eigenvalue weighted by Crippen LogP contribution is -2.50. The number of hydrogen-bond acceptors (Lipinski definition) is 7. The van der Waals surface area contributed by atoms with Crippen molar-refractivity contribution in [1.82, 2.24) is 9.80 Å². The number of carbonyl (C=O) groups excluding carboxylic acids is 1. The highest BCUT2D eigenvalue weighted by atomic mass is 16.5. The first-order valence-corrected chi connectivity index (χ1v) is 10.3. The number of benzene rings is 1. The van der Waals surface area contributed by atoms with Crippen LogP contribution in [0.2, 0.25) is 0 Å². The zero-order valence-corrected chi connectivity index (χ0v) is 17.0. The van der Waals surface area contributed by atoms with Crippen molar-refractivity contribution in [2.24, 2.45) is 0 Å². The predicted octanol–water partition coefficient (Wildman–Crippen LogP) is 1.20. The van der Waals surface area contributed by atoms with Crippen LogP contribution in [0.3, 0.4) is 0 Å². The molecular formula is C22H27N3O5. The van der Waals surface area contributed by atoms with Gasteiger partial charge in [0.1, 0.15) is 12.0 Å². The zero-order chi connectivity index (χ0) is 20.8. The van der Waals surface area contributed by atoms with Crippen molar-refractivity contribution in [2.45, 2.75) is 6.54 Å². The van der Waals surface area contributed by atoms with Crippen LogP contribution in [0.1, 0.15) is 5.76 Å². The van der Waals surface area contributed by atoms with Gasteiger partial charge in [0.25, 0.3) is 5.91 Å². The Morgan fingerprint density at radius 2 is 1.73 bits per heavy atom. The van der Waals surface area contributed by atoms with Crippen molar-refractivity contribution in [2.75, 3.05) is 64.0 Å². The van der Waals surface area contributed by atoms with E-state index in [2.05, 4.69) is 21.9 Å². The summed E-state index contributed by atoms with van der Waals surface area (Å²) < 4.78 is 16.3. The minimum Gasteiger partial charge on any atom is -0.477 e. The monoisotopic (exact) mass is 413 g/mol. The molecule has 2 aliphatic heterocycles. The van der Waals surface area contributed by atoms with Crippen molar-refractivity contribution in [3.63, 3.8) is 0 Å². The molecule has 1 aromatic heterocycles. The molecule has 30 heavy (non-hydrogen) atoms. The van der Waals surface area contributed by atoms with Gasteiger partial charge in [-0.2, -0.15) is 0 Å². The average Bonchev–Trinajstić information content (AvgIpc) is 2.80. The maximum Gasteiger partial charge on any atom is 0.260 e. The molecule has 3 heterocycles. The molecule has 0 unspecified atom stereocenters. The van der Waals surface area contributed by atoms with E-state index in [1.165, 1.54) is 12.3 Å². The van der Waals surface area contributed by atoms with Gasteiger partial charge in [-0.15, -0.1) is 0 Å². The average molecular weight is 413 g/mol. The molecule has 1 amide bonds. The number of hydrogen-bond donors (Lipinski definition) is 0. The molecule has 4 rings (SSSR count). The minimum absolute atomic E-state index is 0.0667. The highest BCUT2D eigenvalue weighted by Gasteiger charge is 2.22. The Balaban J connectivity index is 1.25. The third kappa shape index (κ3) is 5.20. The second-order valence-corrected chi connectivity index (χ2v) is 7.46. The number of amides is 1. The molecule has 2 saturated heterocycles. The molecule has 0 bridgehead atoms. The van der Waals surface area contributed by atoms with E-state index in [0.29, 0.717) is 38.6 Å². The molecule has 2 aliphatic rings. The molecule has 2 fully saturated rings. The molecule has 0 aliphatic carbocycles. The molecule has 0 radical (unpaired) electrons. The van der Waals surface area contributed by atoms with E-state index in [9.17, 15) is 9.59 Å². The molecule has 1 aromatic carbocycles. The molecule has 160 valence electrons. The van der Waals surface area contributed by atoms with Gasteiger partial charge < -0.3 is 23.7 Å². The Bertz CT molecular complexity index is 887. The van der Waals surface area contributed by atoms with Crippen LogP contribution >= 0.6 is 0 Å². The fourth-order valence-electron chi connectivity index (χ4n) is 3.69. The van der Waals surface area contributed by atoms with Gasteiger partial charge in [-0.1, -0.05) is 18.2 Å². The quantitative estimate of drug-likeness (QED) is 0.704. The first kappa shape index (κ1) is 20.4. The van der Waals surface area contributed by atoms with Crippen LogP contribution in [0.4, 0.5) is 5.69 Å². The Morgan fingerprint density at radius 3 is 2.43 bits per heavy atom. The molecule has 8 nitrogen and oxygen atoms in total. The van der Waals surface area contributed by atoms with Crippen LogP contribution in [0.5, 0.6) is 5.75 Å². The Labute approximate surface area is 175 Å². The smallest absolute Gasteiger partial charge is 0.260 e. The minimum atomic E-state index is -0.272. The largest absolute Gasteiger partial charge is 0.477 e. The van der Waals surface area contributed by atoms with E-state index < -0.39 is 0 Å². The van der Waals surface area contributed by atoms with Crippen LogP contribution in [-0.4, -0.2) is 74.8 Å². The normalized spacial score (nSPS) is 17.7. The number of para-hydroxylation sites is 1. The number of ether oxygens (including phenoxy) is 2. The number of morpholine rings is 1. The molecule has 0 spiro atoms. The number of piperazine rings is 1. The van der Waals surface area contributed by atoms with Gasteiger partial charge in [-0.25, -0.2) is 0 Å². The van der Waals surface area contributed by atoms with Gasteiger partial charge in [0.05, 0.1) is 19.8 Å². The first-order valence-electron chi connectivity index (χ1n) is 10.3. The first-order chi connectivity index (χ1) is 14.7. The number of carbonyl (C=O) groups is 1. The van der Waals surface area contributed by atoms with Gasteiger partial charge in [0.2, 0.25) is 11.2 Å². The summed E-state index contributed by atoms with van der Waals surface area (Å²) in [6, 6.07) is 11.6. The third-order valence-corrected chi connectivity index (χ3v) is 5.44. The highest BCUT2D eigenvalue weighted by molar-refractivity contribution is 5.78. The highest BCUT2D eigenvalue weighted by Crippen LogP contribution is 2.16. The summed E-state index contributed by atoms with van der Waals surface area (Å²) in [4.78, 5) is 31.0. The standard InChI is InChI=1S/C22H27N3O5/c26-20-14-19(15-23-10-12-28-13-11-23)29-16-21(20)30-17-22(27)25-8-6-24(7-9-25)18-4-2-1-3-5-18/h1-5,14,16H,6-13,15,17H2. The number of anilines is 1. The summed E-state index contributed by atoms with van der Waals surface area (Å²) in [6.45, 7) is 6.20. The van der Waals surface area contributed by atoms with Crippen molar-refractivity contribution >= 4 is 11.6 Å². The summed E-state index contributed by atoms with van der Waals surface area (Å²) in [5.41, 5.74) is 0.891. The van der Waals surface area contributed by atoms with Gasteiger partial charge >= 0.3 is 0 Å². The SMILES string of the molecule is O=C(COc1coc(CN2CCOCC2)cc1=O)N1CCN(c2ccccc2)CC1. The lowest BCUT2D eigenvalue weighted by molar-refractivity contribution is -0.133. The lowest BCUT2D eigenvalue weighted by Gasteiger charge is -2.36. The third-order valence-electron chi connectivity index (χ3n) is 5.44. The fourth-order valence-corrected chi connectivity index (χ4v) is 3.69. The van der Waals surface area contributed by atoms with Crippen molar-refractivity contribution < 1.29 is 18.7 Å². The maximum absolute atomic E-state index is 12.5. The van der Waals surface area contributed by atoms with Crippen LogP contribution in [0.15, 0.2) is 51.9 Å². The predicted molar refractivity (Wildman–Crippen MR) is 112 cm³/mol. The lowest BCUT2D eigenvalue weighted by atomic mass is 10.2. The van der Waals surface area contributed by atoms with Crippen molar-refractivity contribution in [3.05, 3.63) is 58.6 Å². The van der Waals surface area contributed by atoms with E-state index in [1.54, 1.807) is 4.90 Å². The second-order valence-electron chi connectivity index (χ2n) is 7.46. The summed E-state index contributed by atoms with van der Waals surface area (Å²) in [7, 11) is 0. The zero-order valence-electron chi connectivity index (χ0n) is 17.0. The summed E-state index contributed by atoms with van der Waals surface area (Å²) in [5, 5.41) is 0. The number of rotatable bonds is 6. The van der Waals surface area contributed by atoms with Gasteiger partial charge in [0.15, 0.2) is 6.61 Å². The molecule has 2 aromatic rings. The second kappa shape index (κ2) is 9.77. The fraction of sp³-hybridized carbons (Fsp3) is 0.455. The van der Waals surface area contributed by atoms with E-state index in [1.807, 2.05) is 18.2 Å². The van der Waals surface area contributed by atoms with E-state index in [4.69, 9.17) is 13.9 Å².